The molecule has 86 valence electrons. The van der Waals surface area contributed by atoms with Crippen molar-refractivity contribution in [3.63, 3.8) is 0 Å². The van der Waals surface area contributed by atoms with Gasteiger partial charge in [0, 0.05) is 11.9 Å². The second kappa shape index (κ2) is 42.7. The first-order valence-electron chi connectivity index (χ1n) is 1.82. The zero-order valence-corrected chi connectivity index (χ0v) is 8.09. The van der Waals surface area contributed by atoms with Gasteiger partial charge in [0.2, 0.25) is 0 Å². The van der Waals surface area contributed by atoms with Crippen LogP contribution in [0, 0.1) is 0 Å². The summed E-state index contributed by atoms with van der Waals surface area (Å²) >= 11 is 0. The van der Waals surface area contributed by atoms with Crippen LogP contribution in [0.1, 0.15) is 13.8 Å². The molecule has 0 saturated carbocycles. The van der Waals surface area contributed by atoms with Crippen molar-refractivity contribution in [1.29, 1.82) is 0 Å². The monoisotopic (exact) mass is 246 g/mol. The largest absolute Gasteiger partial charge is 2.00 e. The molecule has 0 amide bonds. The number of hydrogen-bond donors (Lipinski definition) is 0. The van der Waals surface area contributed by atoms with E-state index in [1.54, 1.807) is 0 Å². The zero-order valence-electron chi connectivity index (χ0n) is 6.99. The van der Waals surface area contributed by atoms with Gasteiger partial charge in [0.05, 0.1) is 0 Å². The maximum atomic E-state index is 8.89. The van der Waals surface area contributed by atoms with E-state index < -0.39 is 11.9 Å². The summed E-state index contributed by atoms with van der Waals surface area (Å²) in [5, 5.41) is 17.8. The average Bonchev–Trinajstić information content (AvgIpc) is 1.25. The number of carbonyl (C=O) groups excluding carboxylic acids is 2. The Balaban J connectivity index is -0.00000000800. The first-order valence-corrected chi connectivity index (χ1v) is 1.82. The quantitative estimate of drug-likeness (QED) is 0.382. The standard InChI is InChI=1S/2C2H4O2.Fe.4H2O/c2*1-2(3)4;;;;;/h2*1H3,(H,3,4);;4*1H2/q;;+2;;;;/p-2. The van der Waals surface area contributed by atoms with Gasteiger partial charge in [-0.1, -0.05) is 0 Å². The Morgan fingerprint density at radius 1 is 0.769 bits per heavy atom. The predicted octanol–water partition coefficient (Wildman–Crippen LogP) is -5.79. The minimum Gasteiger partial charge on any atom is -0.550 e. The summed E-state index contributed by atoms with van der Waals surface area (Å²) in [6.45, 7) is 1.94. The molecule has 8 nitrogen and oxygen atoms in total. The Bertz CT molecular complexity index is 74.1. The second-order valence-corrected chi connectivity index (χ2v) is 0.983. The van der Waals surface area contributed by atoms with Crippen LogP contribution >= 0.6 is 0 Å². The molecule has 0 bridgehead atoms. The van der Waals surface area contributed by atoms with E-state index in [9.17, 15) is 0 Å². The fourth-order valence-corrected chi connectivity index (χ4v) is 0. The molecular weight excluding hydrogens is 232 g/mol. The molecule has 0 rings (SSSR count). The van der Waals surface area contributed by atoms with Crippen molar-refractivity contribution in [1.82, 2.24) is 0 Å². The van der Waals surface area contributed by atoms with Crippen molar-refractivity contribution >= 4 is 11.9 Å². The molecule has 8 N–H and O–H groups in total. The Morgan fingerprint density at radius 2 is 0.769 bits per heavy atom. The Morgan fingerprint density at radius 3 is 0.769 bits per heavy atom. The van der Waals surface area contributed by atoms with Gasteiger partial charge >= 0.3 is 17.1 Å². The van der Waals surface area contributed by atoms with Crippen LogP contribution in [0.5, 0.6) is 0 Å². The molecule has 0 fully saturated rings. The van der Waals surface area contributed by atoms with Crippen LogP contribution in [0.2, 0.25) is 0 Å². The van der Waals surface area contributed by atoms with Crippen molar-refractivity contribution < 1.29 is 58.8 Å². The minimum absolute atomic E-state index is 0. The fraction of sp³-hybridized carbons (Fsp3) is 0.500. The van der Waals surface area contributed by atoms with E-state index in [2.05, 4.69) is 0 Å². The maximum Gasteiger partial charge on any atom is 2.00 e. The van der Waals surface area contributed by atoms with Crippen LogP contribution in [-0.4, -0.2) is 33.8 Å². The summed E-state index contributed by atoms with van der Waals surface area (Å²) in [6, 6.07) is 0. The number of carboxylic acid groups (broad SMARTS) is 2. The fourth-order valence-electron chi connectivity index (χ4n) is 0. The van der Waals surface area contributed by atoms with E-state index in [4.69, 9.17) is 19.8 Å². The predicted molar refractivity (Wildman–Crippen MR) is 35.8 cm³/mol. The van der Waals surface area contributed by atoms with E-state index in [0.717, 1.165) is 13.8 Å². The third-order valence-electron chi connectivity index (χ3n) is 0. The molecule has 0 heterocycles. The molecule has 0 unspecified atom stereocenters. The van der Waals surface area contributed by atoms with E-state index in [1.807, 2.05) is 0 Å². The van der Waals surface area contributed by atoms with Gasteiger partial charge in [-0.15, -0.1) is 0 Å². The van der Waals surface area contributed by atoms with Gasteiger partial charge in [0.15, 0.2) is 0 Å². The smallest absolute Gasteiger partial charge is 0.550 e. The Kier molecular flexibility index (Phi) is 184. The van der Waals surface area contributed by atoms with Gasteiger partial charge in [-0.3, -0.25) is 0 Å². The van der Waals surface area contributed by atoms with E-state index in [-0.39, 0.29) is 39.0 Å². The van der Waals surface area contributed by atoms with Crippen LogP contribution in [0.3, 0.4) is 0 Å². The van der Waals surface area contributed by atoms with Gasteiger partial charge in [-0.25, -0.2) is 0 Å². The third-order valence-corrected chi connectivity index (χ3v) is 0. The molecule has 0 aliphatic carbocycles. The summed E-state index contributed by atoms with van der Waals surface area (Å²) < 4.78 is 0. The molecule has 0 aliphatic heterocycles. The number of carboxylic acids is 2. The summed E-state index contributed by atoms with van der Waals surface area (Å²) in [5.41, 5.74) is 0. The first kappa shape index (κ1) is 55.9. The van der Waals surface area contributed by atoms with Crippen molar-refractivity contribution in [2.75, 3.05) is 0 Å². The molecular formula is C4H14FeO8. The van der Waals surface area contributed by atoms with Gasteiger partial charge in [0.25, 0.3) is 0 Å². The molecule has 13 heavy (non-hydrogen) atoms. The molecule has 0 aromatic heterocycles. The SMILES string of the molecule is CC(=O)[O-].CC(=O)[O-].O.O.O.O.[Fe+2]. The average molecular weight is 246 g/mol. The van der Waals surface area contributed by atoms with Crippen LogP contribution in [0.4, 0.5) is 0 Å². The molecule has 0 atom stereocenters. The summed E-state index contributed by atoms with van der Waals surface area (Å²) in [5.74, 6) is -2.17. The van der Waals surface area contributed by atoms with Crippen LogP contribution in [0.15, 0.2) is 0 Å². The van der Waals surface area contributed by atoms with Crippen LogP contribution in [0.25, 0.3) is 0 Å². The third kappa shape index (κ3) is 1990. The molecule has 9 heteroatoms. The molecule has 0 spiro atoms. The number of aliphatic carboxylic acids is 2. The first-order chi connectivity index (χ1) is 3.46. The molecule has 0 aliphatic rings. The second-order valence-electron chi connectivity index (χ2n) is 0.983. The van der Waals surface area contributed by atoms with E-state index in [0.29, 0.717) is 0 Å². The summed E-state index contributed by atoms with van der Waals surface area (Å²) in [7, 11) is 0. The normalized spacial score (nSPS) is 3.85. The van der Waals surface area contributed by atoms with E-state index in [1.165, 1.54) is 0 Å². The minimum atomic E-state index is -1.08. The Labute approximate surface area is 85.3 Å². The van der Waals surface area contributed by atoms with Crippen molar-refractivity contribution in [3.8, 4) is 0 Å². The maximum absolute atomic E-state index is 8.89. The van der Waals surface area contributed by atoms with Gasteiger partial charge in [-0.05, 0) is 13.8 Å². The molecule has 0 saturated heterocycles. The zero-order chi connectivity index (χ0) is 7.15. The number of carbonyl (C=O) groups is 2. The molecule has 0 aromatic carbocycles. The number of rotatable bonds is 0. The summed E-state index contributed by atoms with van der Waals surface area (Å²) in [4.78, 5) is 17.8. The van der Waals surface area contributed by atoms with Crippen molar-refractivity contribution in [2.45, 2.75) is 13.8 Å². The van der Waals surface area contributed by atoms with E-state index >= 15 is 0 Å². The molecule has 0 radical (unpaired) electrons. The van der Waals surface area contributed by atoms with Crippen molar-refractivity contribution in [3.05, 3.63) is 0 Å². The summed E-state index contributed by atoms with van der Waals surface area (Å²) in [6.07, 6.45) is 0. The molecule has 0 aromatic rings. The van der Waals surface area contributed by atoms with Crippen LogP contribution in [-0.2, 0) is 26.7 Å². The van der Waals surface area contributed by atoms with Gasteiger partial charge < -0.3 is 41.7 Å². The Hall–Kier alpha value is -0.701. The number of hydrogen-bond acceptors (Lipinski definition) is 4. The van der Waals surface area contributed by atoms with Crippen LogP contribution < -0.4 is 10.2 Å². The van der Waals surface area contributed by atoms with Crippen molar-refractivity contribution in [2.24, 2.45) is 0 Å². The topological polar surface area (TPSA) is 206 Å². The van der Waals surface area contributed by atoms with Gasteiger partial charge in [-0.2, -0.15) is 0 Å². The van der Waals surface area contributed by atoms with Gasteiger partial charge in [0.1, 0.15) is 0 Å².